The van der Waals surface area contributed by atoms with Crippen molar-refractivity contribution in [1.29, 1.82) is 0 Å². The molecule has 28 heavy (non-hydrogen) atoms. The number of rotatable bonds is 9. The fourth-order valence-electron chi connectivity index (χ4n) is 3.39. The Bertz CT molecular complexity index is 910. The van der Waals surface area contributed by atoms with Crippen molar-refractivity contribution in [2.24, 2.45) is 5.73 Å². The molecule has 1 aromatic carbocycles. The number of hydrogen-bond acceptors (Lipinski definition) is 7. The predicted molar refractivity (Wildman–Crippen MR) is 106 cm³/mol. The van der Waals surface area contributed by atoms with Crippen molar-refractivity contribution >= 4 is 28.4 Å². The molecule has 9 heteroatoms. The van der Waals surface area contributed by atoms with E-state index < -0.39 is 11.9 Å². The van der Waals surface area contributed by atoms with Gasteiger partial charge in [-0.2, -0.15) is 4.68 Å². The normalized spacial score (nSPS) is 17.0. The van der Waals surface area contributed by atoms with Crippen LogP contribution >= 0.6 is 0 Å². The van der Waals surface area contributed by atoms with E-state index in [1.165, 1.54) is 0 Å². The maximum absolute atomic E-state index is 13.0. The number of piperidine rings is 1. The molecule has 3 rings (SSSR count). The number of aromatic nitrogens is 3. The molecule has 1 aliphatic heterocycles. The molecule has 1 fully saturated rings. The molecule has 1 unspecified atom stereocenters. The summed E-state index contributed by atoms with van der Waals surface area (Å²) < 4.78 is 1.09. The van der Waals surface area contributed by atoms with Gasteiger partial charge in [0.05, 0.1) is 5.39 Å². The zero-order valence-corrected chi connectivity index (χ0v) is 15.8. The maximum Gasteiger partial charge on any atom is 0.280 e. The number of carbonyl (C=O) groups excluding carboxylic acids is 2. The number of benzene rings is 1. The summed E-state index contributed by atoms with van der Waals surface area (Å²) in [4.78, 5) is 36.5. The number of hydrogen-bond donors (Lipinski definition) is 3. The molecule has 0 spiro atoms. The number of anilines is 1. The number of nitrogens with zero attached hydrogens (tertiary/aromatic N) is 3. The van der Waals surface area contributed by atoms with E-state index in [4.69, 9.17) is 5.73 Å². The SMILES string of the molecule is NCCCCCCCNc1cccc2nnn(C3CCC(=O)NC3=O)c(=O)c12. The van der Waals surface area contributed by atoms with E-state index in [0.717, 1.165) is 49.9 Å². The van der Waals surface area contributed by atoms with E-state index in [2.05, 4.69) is 20.9 Å². The molecule has 0 aliphatic carbocycles. The van der Waals surface area contributed by atoms with E-state index in [-0.39, 0.29) is 24.3 Å². The molecule has 2 aromatic rings. The van der Waals surface area contributed by atoms with Crippen LogP contribution in [0.2, 0.25) is 0 Å². The van der Waals surface area contributed by atoms with Crippen LogP contribution in [0.3, 0.4) is 0 Å². The lowest BCUT2D eigenvalue weighted by Gasteiger charge is -2.21. The standard InChI is InChI=1S/C19H26N6O3/c20-11-4-2-1-3-5-12-21-13-7-6-8-14-17(13)19(28)25(24-23-14)15-9-10-16(26)22-18(15)27/h6-8,15,21H,1-5,9-12,20H2,(H,22,26,27). The summed E-state index contributed by atoms with van der Waals surface area (Å²) in [5, 5.41) is 14.0. The average Bonchev–Trinajstić information content (AvgIpc) is 2.68. The molecule has 0 radical (unpaired) electrons. The third-order valence-electron chi connectivity index (χ3n) is 4.91. The van der Waals surface area contributed by atoms with Gasteiger partial charge in [0, 0.05) is 18.7 Å². The van der Waals surface area contributed by atoms with Crippen LogP contribution in [0.5, 0.6) is 0 Å². The number of imide groups is 1. The van der Waals surface area contributed by atoms with Crippen molar-refractivity contribution in [3.05, 3.63) is 28.6 Å². The van der Waals surface area contributed by atoms with E-state index in [1.807, 2.05) is 12.1 Å². The summed E-state index contributed by atoms with van der Waals surface area (Å²) in [6, 6.07) is 4.54. The van der Waals surface area contributed by atoms with Crippen LogP contribution in [-0.4, -0.2) is 39.9 Å². The molecule has 0 bridgehead atoms. The topological polar surface area (TPSA) is 132 Å². The molecular weight excluding hydrogens is 360 g/mol. The number of fused-ring (bicyclic) bond motifs is 1. The van der Waals surface area contributed by atoms with Gasteiger partial charge in [0.25, 0.3) is 11.5 Å². The second-order valence-corrected chi connectivity index (χ2v) is 6.99. The highest BCUT2D eigenvalue weighted by atomic mass is 16.2. The van der Waals surface area contributed by atoms with Gasteiger partial charge in [-0.3, -0.25) is 19.7 Å². The molecule has 9 nitrogen and oxygen atoms in total. The molecule has 1 aromatic heterocycles. The van der Waals surface area contributed by atoms with Crippen molar-refractivity contribution in [3.63, 3.8) is 0 Å². The fraction of sp³-hybridized carbons (Fsp3) is 0.526. The minimum absolute atomic E-state index is 0.173. The van der Waals surface area contributed by atoms with Crippen molar-refractivity contribution in [3.8, 4) is 0 Å². The van der Waals surface area contributed by atoms with E-state index in [9.17, 15) is 14.4 Å². The van der Waals surface area contributed by atoms with Crippen LogP contribution in [-0.2, 0) is 9.59 Å². The van der Waals surface area contributed by atoms with Crippen LogP contribution in [0, 0.1) is 0 Å². The first-order valence-electron chi connectivity index (χ1n) is 9.77. The Kier molecular flexibility index (Phi) is 6.70. The minimum Gasteiger partial charge on any atom is -0.384 e. The van der Waals surface area contributed by atoms with E-state index in [1.54, 1.807) is 6.07 Å². The van der Waals surface area contributed by atoms with E-state index >= 15 is 0 Å². The molecule has 2 amide bonds. The molecule has 1 aliphatic rings. The Morgan fingerprint density at radius 2 is 1.93 bits per heavy atom. The molecule has 1 atom stereocenters. The summed E-state index contributed by atoms with van der Waals surface area (Å²) in [5.74, 6) is -0.855. The smallest absolute Gasteiger partial charge is 0.280 e. The third kappa shape index (κ3) is 4.53. The number of unbranched alkanes of at least 4 members (excludes halogenated alkanes) is 4. The quantitative estimate of drug-likeness (QED) is 0.434. The average molecular weight is 386 g/mol. The van der Waals surface area contributed by atoms with Crippen molar-refractivity contribution in [1.82, 2.24) is 20.3 Å². The van der Waals surface area contributed by atoms with Crippen LogP contribution in [0.4, 0.5) is 5.69 Å². The molecule has 2 heterocycles. The largest absolute Gasteiger partial charge is 0.384 e. The molecule has 0 saturated carbocycles. The Hall–Kier alpha value is -2.81. The third-order valence-corrected chi connectivity index (χ3v) is 4.91. The van der Waals surface area contributed by atoms with Crippen molar-refractivity contribution in [2.75, 3.05) is 18.4 Å². The van der Waals surface area contributed by atoms with Gasteiger partial charge in [-0.1, -0.05) is 30.5 Å². The monoisotopic (exact) mass is 386 g/mol. The minimum atomic E-state index is -0.822. The first kappa shape index (κ1) is 19.9. The fourth-order valence-corrected chi connectivity index (χ4v) is 3.39. The van der Waals surface area contributed by atoms with Gasteiger partial charge in [0.2, 0.25) is 5.91 Å². The molecule has 150 valence electrons. The second kappa shape index (κ2) is 9.41. The zero-order valence-electron chi connectivity index (χ0n) is 15.8. The van der Waals surface area contributed by atoms with Gasteiger partial charge in [-0.05, 0) is 37.9 Å². The first-order chi connectivity index (χ1) is 13.6. The Morgan fingerprint density at radius 1 is 1.14 bits per heavy atom. The van der Waals surface area contributed by atoms with Crippen LogP contribution in [0.25, 0.3) is 10.9 Å². The highest BCUT2D eigenvalue weighted by Crippen LogP contribution is 2.20. The summed E-state index contributed by atoms with van der Waals surface area (Å²) in [6.07, 6.45) is 5.82. The summed E-state index contributed by atoms with van der Waals surface area (Å²) in [5.41, 5.74) is 6.27. The van der Waals surface area contributed by atoms with Gasteiger partial charge >= 0.3 is 0 Å². The summed E-state index contributed by atoms with van der Waals surface area (Å²) >= 11 is 0. The zero-order chi connectivity index (χ0) is 19.9. The number of nitrogens with one attached hydrogen (secondary N) is 2. The maximum atomic E-state index is 13.0. The van der Waals surface area contributed by atoms with Crippen LogP contribution < -0.4 is 21.9 Å². The Morgan fingerprint density at radius 3 is 2.71 bits per heavy atom. The Labute approximate surface area is 162 Å². The number of carbonyl (C=O) groups is 2. The van der Waals surface area contributed by atoms with Crippen LogP contribution in [0.1, 0.15) is 51.0 Å². The van der Waals surface area contributed by atoms with Crippen LogP contribution in [0.15, 0.2) is 23.0 Å². The molecule has 4 N–H and O–H groups in total. The highest BCUT2D eigenvalue weighted by molar-refractivity contribution is 5.99. The van der Waals surface area contributed by atoms with Crippen molar-refractivity contribution < 1.29 is 9.59 Å². The van der Waals surface area contributed by atoms with Gasteiger partial charge in [-0.15, -0.1) is 5.10 Å². The van der Waals surface area contributed by atoms with Crippen molar-refractivity contribution in [2.45, 2.75) is 51.0 Å². The second-order valence-electron chi connectivity index (χ2n) is 6.99. The van der Waals surface area contributed by atoms with Gasteiger partial charge in [0.15, 0.2) is 0 Å². The summed E-state index contributed by atoms with van der Waals surface area (Å²) in [7, 11) is 0. The molecular formula is C19H26N6O3. The molecule has 1 saturated heterocycles. The highest BCUT2D eigenvalue weighted by Gasteiger charge is 2.30. The van der Waals surface area contributed by atoms with E-state index in [0.29, 0.717) is 16.6 Å². The lowest BCUT2D eigenvalue weighted by atomic mass is 10.1. The first-order valence-corrected chi connectivity index (χ1v) is 9.77. The van der Waals surface area contributed by atoms with Gasteiger partial charge in [-0.25, -0.2) is 0 Å². The lowest BCUT2D eigenvalue weighted by molar-refractivity contribution is -0.136. The predicted octanol–water partition coefficient (Wildman–Crippen LogP) is 1.09. The van der Waals surface area contributed by atoms with Gasteiger partial charge < -0.3 is 11.1 Å². The Balaban J connectivity index is 1.76. The number of amides is 2. The number of nitrogens with two attached hydrogens (primary N) is 1. The lowest BCUT2D eigenvalue weighted by Crippen LogP contribution is -2.45. The van der Waals surface area contributed by atoms with Gasteiger partial charge in [0.1, 0.15) is 11.6 Å². The summed E-state index contributed by atoms with van der Waals surface area (Å²) in [6.45, 7) is 1.47.